The molecule has 1 amide bonds. The van der Waals surface area contributed by atoms with Gasteiger partial charge in [0.25, 0.3) is 5.91 Å². The molecule has 28 heavy (non-hydrogen) atoms. The first-order valence-electron chi connectivity index (χ1n) is 10.3. The van der Waals surface area contributed by atoms with Gasteiger partial charge < -0.3 is 10.5 Å². The number of esters is 1. The van der Waals surface area contributed by atoms with Crippen molar-refractivity contribution >= 4 is 19.9 Å². The number of nitrogens with two attached hydrogens (primary N) is 1. The number of unbranched alkanes of at least 4 members (excludes halogenated alkanes) is 9. The molecular weight excluding hydrogens is 383 g/mol. The van der Waals surface area contributed by atoms with Gasteiger partial charge in [0.15, 0.2) is 0 Å². The molecule has 0 heterocycles. The fourth-order valence-corrected chi connectivity index (χ4v) is 3.29. The lowest BCUT2D eigenvalue weighted by Gasteiger charge is -2.16. The summed E-state index contributed by atoms with van der Waals surface area (Å²) < 4.78 is 20.9. The number of hydrogen-bond donors (Lipinski definition) is 2. The summed E-state index contributed by atoms with van der Waals surface area (Å²) in [4.78, 5) is 23.4. The number of ether oxygens (including phenoxy) is 1. The summed E-state index contributed by atoms with van der Waals surface area (Å²) in [7, 11) is -0.795. The van der Waals surface area contributed by atoms with E-state index in [2.05, 4.69) is 11.4 Å². The van der Waals surface area contributed by atoms with Crippen LogP contribution < -0.4 is 5.73 Å². The molecule has 0 saturated carbocycles. The van der Waals surface area contributed by atoms with E-state index in [0.29, 0.717) is 11.7 Å². The minimum Gasteiger partial charge on any atom is -0.466 e. The molecule has 8 nitrogen and oxygen atoms in total. The van der Waals surface area contributed by atoms with Crippen LogP contribution in [0.5, 0.6) is 0 Å². The zero-order valence-electron chi connectivity index (χ0n) is 17.4. The summed E-state index contributed by atoms with van der Waals surface area (Å²) >= 11 is 0. The van der Waals surface area contributed by atoms with Crippen LogP contribution in [0.25, 0.3) is 0 Å². The Labute approximate surface area is 169 Å². The molecule has 0 aromatic carbocycles. The van der Waals surface area contributed by atoms with Crippen LogP contribution in [0.4, 0.5) is 0 Å². The van der Waals surface area contributed by atoms with E-state index in [4.69, 9.17) is 10.5 Å². The predicted molar refractivity (Wildman–Crippen MR) is 108 cm³/mol. The van der Waals surface area contributed by atoms with Crippen molar-refractivity contribution in [2.75, 3.05) is 26.4 Å². The summed E-state index contributed by atoms with van der Waals surface area (Å²) in [5.74, 6) is -1.28. The van der Waals surface area contributed by atoms with Crippen molar-refractivity contribution in [3.63, 3.8) is 0 Å². The SMILES string of the molecule is CCCCCCCCCCCCOC(=O)CCN(O)C(=O)[C@H](N)C[P+](=O)OC. The van der Waals surface area contributed by atoms with Gasteiger partial charge in [-0.25, -0.2) is 5.06 Å². The van der Waals surface area contributed by atoms with Crippen LogP contribution in [-0.2, 0) is 23.4 Å². The summed E-state index contributed by atoms with van der Waals surface area (Å²) in [5, 5.41) is 10.0. The van der Waals surface area contributed by atoms with Crippen LogP contribution in [0.3, 0.4) is 0 Å². The van der Waals surface area contributed by atoms with E-state index >= 15 is 0 Å². The van der Waals surface area contributed by atoms with E-state index in [9.17, 15) is 19.4 Å². The third kappa shape index (κ3) is 14.9. The molecular formula is C19H38N2O6P+. The van der Waals surface area contributed by atoms with E-state index in [1.54, 1.807) is 0 Å². The fraction of sp³-hybridized carbons (Fsp3) is 0.895. The Kier molecular flexibility index (Phi) is 17.3. The zero-order valence-corrected chi connectivity index (χ0v) is 18.3. The molecule has 1 unspecified atom stereocenters. The Morgan fingerprint density at radius 2 is 1.57 bits per heavy atom. The molecule has 164 valence electrons. The van der Waals surface area contributed by atoms with E-state index in [0.717, 1.165) is 19.3 Å². The van der Waals surface area contributed by atoms with E-state index in [1.807, 2.05) is 0 Å². The van der Waals surface area contributed by atoms with Crippen molar-refractivity contribution in [2.24, 2.45) is 5.73 Å². The predicted octanol–water partition coefficient (Wildman–Crippen LogP) is 3.77. The van der Waals surface area contributed by atoms with E-state index < -0.39 is 25.9 Å². The van der Waals surface area contributed by atoms with Crippen molar-refractivity contribution in [1.82, 2.24) is 5.06 Å². The van der Waals surface area contributed by atoms with Gasteiger partial charge in [0.2, 0.25) is 6.16 Å². The second-order valence-electron chi connectivity index (χ2n) is 6.92. The maximum absolute atomic E-state index is 11.8. The molecule has 0 aromatic rings. The highest BCUT2D eigenvalue weighted by molar-refractivity contribution is 7.39. The van der Waals surface area contributed by atoms with Crippen molar-refractivity contribution < 1.29 is 28.6 Å². The largest absolute Gasteiger partial charge is 0.510 e. The molecule has 0 aromatic heterocycles. The van der Waals surface area contributed by atoms with Gasteiger partial charge in [0.1, 0.15) is 6.04 Å². The quantitative estimate of drug-likeness (QED) is 0.114. The average molecular weight is 421 g/mol. The number of carbonyl (C=O) groups excluding carboxylic acids is 2. The van der Waals surface area contributed by atoms with Crippen LogP contribution in [0, 0.1) is 0 Å². The lowest BCUT2D eigenvalue weighted by atomic mass is 10.1. The number of hydroxylamine groups is 2. The van der Waals surface area contributed by atoms with Crippen LogP contribution in [0.2, 0.25) is 0 Å². The third-order valence-corrected chi connectivity index (χ3v) is 5.51. The van der Waals surface area contributed by atoms with Gasteiger partial charge in [-0.05, 0) is 11.0 Å². The number of hydrogen-bond acceptors (Lipinski definition) is 7. The highest BCUT2D eigenvalue weighted by atomic mass is 31.1. The smallest absolute Gasteiger partial charge is 0.466 e. The number of nitrogens with zero attached hydrogens (tertiary/aromatic N) is 1. The molecule has 0 aliphatic rings. The van der Waals surface area contributed by atoms with Crippen LogP contribution in [-0.4, -0.2) is 54.6 Å². The van der Waals surface area contributed by atoms with Crippen LogP contribution in [0.1, 0.15) is 77.6 Å². The molecule has 3 N–H and O–H groups in total. The van der Waals surface area contributed by atoms with Crippen molar-refractivity contribution in [1.29, 1.82) is 0 Å². The minimum atomic E-state index is -2.04. The maximum Gasteiger partial charge on any atom is 0.510 e. The summed E-state index contributed by atoms with van der Waals surface area (Å²) in [6.07, 6.45) is 11.7. The molecule has 0 radical (unpaired) electrons. The van der Waals surface area contributed by atoms with E-state index in [-0.39, 0.29) is 19.1 Å². The molecule has 0 aliphatic carbocycles. The molecule has 2 atom stereocenters. The monoisotopic (exact) mass is 421 g/mol. The number of amides is 1. The molecule has 0 fully saturated rings. The average Bonchev–Trinajstić information content (AvgIpc) is 2.69. The molecule has 0 spiro atoms. The summed E-state index contributed by atoms with van der Waals surface area (Å²) in [6.45, 7) is 2.35. The lowest BCUT2D eigenvalue weighted by molar-refractivity contribution is -0.168. The molecule has 0 saturated heterocycles. The minimum absolute atomic E-state index is 0.122. The van der Waals surface area contributed by atoms with Crippen molar-refractivity contribution in [3.05, 3.63) is 0 Å². The van der Waals surface area contributed by atoms with Gasteiger partial charge in [0.05, 0.1) is 26.7 Å². The third-order valence-electron chi connectivity index (χ3n) is 4.41. The van der Waals surface area contributed by atoms with Gasteiger partial charge in [-0.3, -0.25) is 14.8 Å². The van der Waals surface area contributed by atoms with Gasteiger partial charge >= 0.3 is 14.0 Å². The normalized spacial score (nSPS) is 12.5. The van der Waals surface area contributed by atoms with Gasteiger partial charge in [0, 0.05) is 0 Å². The summed E-state index contributed by atoms with van der Waals surface area (Å²) in [5.41, 5.74) is 5.55. The van der Waals surface area contributed by atoms with E-state index in [1.165, 1.54) is 52.1 Å². The molecule has 9 heteroatoms. The Morgan fingerprint density at radius 3 is 2.11 bits per heavy atom. The van der Waals surface area contributed by atoms with Gasteiger partial charge in [-0.2, -0.15) is 0 Å². The topological polar surface area (TPSA) is 119 Å². The molecule has 0 bridgehead atoms. The van der Waals surface area contributed by atoms with Gasteiger partial charge in [-0.15, -0.1) is 4.52 Å². The Hall–Kier alpha value is -1.08. The lowest BCUT2D eigenvalue weighted by Crippen LogP contribution is -2.44. The second kappa shape index (κ2) is 18.0. The summed E-state index contributed by atoms with van der Waals surface area (Å²) in [6, 6.07) is -1.14. The standard InChI is InChI=1S/C19H38N2O6P/c1-3-4-5-6-7-8-9-10-11-12-15-27-18(22)13-14-21(24)19(23)17(20)16-28(25)26-2/h17,24H,3-16,20H2,1-2H3/q+1/t17-/m1/s1. The van der Waals surface area contributed by atoms with Gasteiger partial charge in [-0.1, -0.05) is 64.7 Å². The number of rotatable bonds is 18. The van der Waals surface area contributed by atoms with Crippen LogP contribution >= 0.6 is 8.03 Å². The molecule has 0 aliphatic heterocycles. The highest BCUT2D eigenvalue weighted by Crippen LogP contribution is 2.20. The first-order chi connectivity index (χ1) is 13.4. The maximum atomic E-state index is 11.8. The first kappa shape index (κ1) is 26.9. The van der Waals surface area contributed by atoms with Crippen molar-refractivity contribution in [2.45, 2.75) is 83.6 Å². The fourth-order valence-electron chi connectivity index (χ4n) is 2.66. The molecule has 0 rings (SSSR count). The second-order valence-corrected chi connectivity index (χ2v) is 8.31. The Morgan fingerprint density at radius 1 is 1.04 bits per heavy atom. The Balaban J connectivity index is 3.63. The van der Waals surface area contributed by atoms with Crippen molar-refractivity contribution in [3.8, 4) is 0 Å². The first-order valence-corrected chi connectivity index (χ1v) is 11.7. The highest BCUT2D eigenvalue weighted by Gasteiger charge is 2.29. The Bertz CT molecular complexity index is 450. The number of carbonyl (C=O) groups is 2. The zero-order chi connectivity index (χ0) is 21.2. The van der Waals surface area contributed by atoms with Crippen LogP contribution in [0.15, 0.2) is 0 Å².